The highest BCUT2D eigenvalue weighted by Gasteiger charge is 2.26. The molecule has 0 bridgehead atoms. The predicted molar refractivity (Wildman–Crippen MR) is 112 cm³/mol. The van der Waals surface area contributed by atoms with Crippen molar-refractivity contribution in [3.05, 3.63) is 77.2 Å². The first-order valence-corrected chi connectivity index (χ1v) is 9.64. The van der Waals surface area contributed by atoms with Gasteiger partial charge in [0.15, 0.2) is 0 Å². The minimum Gasteiger partial charge on any atom is -0.340 e. The third kappa shape index (κ3) is 3.48. The SMILES string of the molecule is Cc1nc(Nc2ccccc2C(C)C)cc(C(=O)N2CCc3ccccc32)n1. The summed E-state index contributed by atoms with van der Waals surface area (Å²) in [6.45, 7) is 6.81. The smallest absolute Gasteiger partial charge is 0.277 e. The number of aryl methyl sites for hydroxylation is 1. The normalized spacial score (nSPS) is 12.9. The summed E-state index contributed by atoms with van der Waals surface area (Å²) in [5, 5.41) is 3.38. The number of benzene rings is 2. The number of rotatable bonds is 4. The van der Waals surface area contributed by atoms with Crippen LogP contribution < -0.4 is 10.2 Å². The molecule has 0 fully saturated rings. The number of carbonyl (C=O) groups is 1. The first-order chi connectivity index (χ1) is 13.5. The third-order valence-corrected chi connectivity index (χ3v) is 5.03. The lowest BCUT2D eigenvalue weighted by Crippen LogP contribution is -2.30. The molecule has 0 radical (unpaired) electrons. The minimum atomic E-state index is -0.0874. The summed E-state index contributed by atoms with van der Waals surface area (Å²) in [6.07, 6.45) is 0.874. The first-order valence-electron chi connectivity index (χ1n) is 9.64. The van der Waals surface area contributed by atoms with Gasteiger partial charge in [-0.25, -0.2) is 9.97 Å². The second kappa shape index (κ2) is 7.43. The second-order valence-electron chi connectivity index (χ2n) is 7.39. The molecule has 1 aliphatic heterocycles. The van der Waals surface area contributed by atoms with Crippen LogP contribution in [0, 0.1) is 6.92 Å². The van der Waals surface area contributed by atoms with Crippen LogP contribution in [0.5, 0.6) is 0 Å². The quantitative estimate of drug-likeness (QED) is 0.711. The molecule has 0 atom stereocenters. The molecule has 142 valence electrons. The van der Waals surface area contributed by atoms with Crippen LogP contribution in [-0.2, 0) is 6.42 Å². The van der Waals surface area contributed by atoms with Gasteiger partial charge >= 0.3 is 0 Å². The van der Waals surface area contributed by atoms with Crippen molar-refractivity contribution in [2.45, 2.75) is 33.1 Å². The molecule has 2 aromatic carbocycles. The maximum absolute atomic E-state index is 13.1. The Labute approximate surface area is 165 Å². The van der Waals surface area contributed by atoms with Crippen LogP contribution in [-0.4, -0.2) is 22.4 Å². The largest absolute Gasteiger partial charge is 0.340 e. The number of para-hydroxylation sites is 2. The van der Waals surface area contributed by atoms with E-state index in [1.807, 2.05) is 48.2 Å². The molecule has 1 aliphatic rings. The molecule has 0 spiro atoms. The van der Waals surface area contributed by atoms with Crippen molar-refractivity contribution in [2.24, 2.45) is 0 Å². The summed E-state index contributed by atoms with van der Waals surface area (Å²) in [5.41, 5.74) is 4.80. The van der Waals surface area contributed by atoms with Gasteiger partial charge in [-0.3, -0.25) is 4.79 Å². The van der Waals surface area contributed by atoms with E-state index in [0.717, 1.165) is 17.8 Å². The Balaban J connectivity index is 1.64. The number of aromatic nitrogens is 2. The van der Waals surface area contributed by atoms with Gasteiger partial charge in [0.25, 0.3) is 5.91 Å². The third-order valence-electron chi connectivity index (χ3n) is 5.03. The first kappa shape index (κ1) is 18.2. The van der Waals surface area contributed by atoms with Gasteiger partial charge in [0.1, 0.15) is 17.3 Å². The van der Waals surface area contributed by atoms with Gasteiger partial charge in [0.05, 0.1) is 0 Å². The topological polar surface area (TPSA) is 58.1 Å². The summed E-state index contributed by atoms with van der Waals surface area (Å²) in [4.78, 5) is 23.9. The van der Waals surface area contributed by atoms with Gasteiger partial charge in [-0.1, -0.05) is 50.2 Å². The van der Waals surface area contributed by atoms with E-state index in [4.69, 9.17) is 0 Å². The van der Waals surface area contributed by atoms with Crippen molar-refractivity contribution in [3.63, 3.8) is 0 Å². The van der Waals surface area contributed by atoms with Crippen molar-refractivity contribution in [3.8, 4) is 0 Å². The number of nitrogens with zero attached hydrogens (tertiary/aromatic N) is 3. The molecule has 28 heavy (non-hydrogen) atoms. The van der Waals surface area contributed by atoms with Crippen molar-refractivity contribution in [1.29, 1.82) is 0 Å². The zero-order valence-corrected chi connectivity index (χ0v) is 16.4. The van der Waals surface area contributed by atoms with Crippen LogP contribution in [0.1, 0.15) is 47.2 Å². The van der Waals surface area contributed by atoms with E-state index in [9.17, 15) is 4.79 Å². The zero-order valence-electron chi connectivity index (χ0n) is 16.4. The fourth-order valence-corrected chi connectivity index (χ4v) is 3.68. The van der Waals surface area contributed by atoms with Gasteiger partial charge in [-0.05, 0) is 42.5 Å². The van der Waals surface area contributed by atoms with Crippen LogP contribution in [0.15, 0.2) is 54.6 Å². The summed E-state index contributed by atoms with van der Waals surface area (Å²) >= 11 is 0. The molecule has 4 rings (SSSR count). The number of hydrogen-bond acceptors (Lipinski definition) is 4. The zero-order chi connectivity index (χ0) is 19.7. The highest BCUT2D eigenvalue weighted by atomic mass is 16.2. The number of anilines is 3. The molecular formula is C23H24N4O. The van der Waals surface area contributed by atoms with Crippen LogP contribution in [0.3, 0.4) is 0 Å². The molecule has 5 nitrogen and oxygen atoms in total. The molecule has 3 aromatic rings. The van der Waals surface area contributed by atoms with E-state index in [1.54, 1.807) is 6.07 Å². The maximum atomic E-state index is 13.1. The van der Waals surface area contributed by atoms with Crippen molar-refractivity contribution in [1.82, 2.24) is 9.97 Å². The fourth-order valence-electron chi connectivity index (χ4n) is 3.68. The molecule has 0 unspecified atom stereocenters. The molecule has 0 saturated heterocycles. The average Bonchev–Trinajstić information content (AvgIpc) is 3.11. The van der Waals surface area contributed by atoms with Gasteiger partial charge in [-0.2, -0.15) is 0 Å². The maximum Gasteiger partial charge on any atom is 0.277 e. The second-order valence-corrected chi connectivity index (χ2v) is 7.39. The number of amides is 1. The number of hydrogen-bond donors (Lipinski definition) is 1. The number of fused-ring (bicyclic) bond motifs is 1. The molecule has 0 aliphatic carbocycles. The van der Waals surface area contributed by atoms with Crippen LogP contribution in [0.4, 0.5) is 17.2 Å². The Bertz CT molecular complexity index is 1030. The lowest BCUT2D eigenvalue weighted by atomic mass is 10.0. The van der Waals surface area contributed by atoms with E-state index in [-0.39, 0.29) is 5.91 Å². The Morgan fingerprint density at radius 1 is 1.07 bits per heavy atom. The van der Waals surface area contributed by atoms with Gasteiger partial charge < -0.3 is 10.2 Å². The highest BCUT2D eigenvalue weighted by Crippen LogP contribution is 2.30. The Morgan fingerprint density at radius 2 is 1.82 bits per heavy atom. The van der Waals surface area contributed by atoms with Crippen molar-refractivity contribution in [2.75, 3.05) is 16.8 Å². The lowest BCUT2D eigenvalue weighted by Gasteiger charge is -2.18. The minimum absolute atomic E-state index is 0.0874. The van der Waals surface area contributed by atoms with Gasteiger partial charge in [-0.15, -0.1) is 0 Å². The molecule has 5 heteroatoms. The summed E-state index contributed by atoms with van der Waals surface area (Å²) < 4.78 is 0. The molecular weight excluding hydrogens is 348 g/mol. The van der Waals surface area contributed by atoms with Gasteiger partial charge in [0.2, 0.25) is 0 Å². The van der Waals surface area contributed by atoms with E-state index >= 15 is 0 Å². The molecule has 0 saturated carbocycles. The fraction of sp³-hybridized carbons (Fsp3) is 0.261. The predicted octanol–water partition coefficient (Wildman–Crippen LogP) is 4.85. The summed E-state index contributed by atoms with van der Waals surface area (Å²) in [7, 11) is 0. The molecule has 2 heterocycles. The highest BCUT2D eigenvalue weighted by molar-refractivity contribution is 6.06. The monoisotopic (exact) mass is 372 g/mol. The number of carbonyl (C=O) groups excluding carboxylic acids is 1. The molecule has 1 N–H and O–H groups in total. The van der Waals surface area contributed by atoms with Crippen LogP contribution in [0.25, 0.3) is 0 Å². The Morgan fingerprint density at radius 3 is 2.64 bits per heavy atom. The van der Waals surface area contributed by atoms with E-state index < -0.39 is 0 Å². The summed E-state index contributed by atoms with van der Waals surface area (Å²) in [6, 6.07) is 17.9. The van der Waals surface area contributed by atoms with Crippen molar-refractivity contribution >= 4 is 23.1 Å². The Hall–Kier alpha value is -3.21. The van der Waals surface area contributed by atoms with Crippen LogP contribution in [0.2, 0.25) is 0 Å². The van der Waals surface area contributed by atoms with E-state index in [0.29, 0.717) is 29.8 Å². The Kier molecular flexibility index (Phi) is 4.82. The molecule has 1 aromatic heterocycles. The summed E-state index contributed by atoms with van der Waals surface area (Å²) in [5.74, 6) is 1.50. The molecule has 1 amide bonds. The van der Waals surface area contributed by atoms with E-state index in [2.05, 4.69) is 41.3 Å². The van der Waals surface area contributed by atoms with Gasteiger partial charge in [0, 0.05) is 24.0 Å². The average molecular weight is 372 g/mol. The van der Waals surface area contributed by atoms with Crippen molar-refractivity contribution < 1.29 is 4.79 Å². The lowest BCUT2D eigenvalue weighted by molar-refractivity contribution is 0.0984. The standard InChI is InChI=1S/C23H24N4O/c1-15(2)18-9-5-6-10-19(18)26-22-14-20(24-16(3)25-22)23(28)27-13-12-17-8-4-7-11-21(17)27/h4-11,14-15H,12-13H2,1-3H3,(H,24,25,26). The number of nitrogens with one attached hydrogen (secondary N) is 1. The van der Waals surface area contributed by atoms with E-state index in [1.165, 1.54) is 11.1 Å². The van der Waals surface area contributed by atoms with Crippen LogP contribution >= 0.6 is 0 Å².